The van der Waals surface area contributed by atoms with E-state index in [0.29, 0.717) is 10.9 Å². The van der Waals surface area contributed by atoms with Crippen LogP contribution in [0.4, 0.5) is 0 Å². The molecule has 0 amide bonds. The molecule has 0 aliphatic heterocycles. The van der Waals surface area contributed by atoms with E-state index in [0.717, 1.165) is 5.56 Å². The molecule has 84 valence electrons. The second kappa shape index (κ2) is 3.56. The molecule has 4 nitrogen and oxygen atoms in total. The molecule has 1 aromatic heterocycles. The second-order valence-electron chi connectivity index (χ2n) is 4.11. The van der Waals surface area contributed by atoms with Crippen molar-refractivity contribution in [1.29, 1.82) is 0 Å². The monoisotopic (exact) mass is 219 g/mol. The largest absolute Gasteiger partial charge is 0.507 e. The van der Waals surface area contributed by atoms with Gasteiger partial charge in [-0.2, -0.15) is 0 Å². The highest BCUT2D eigenvalue weighted by Crippen LogP contribution is 2.31. The number of aromatic carboxylic acids is 1. The number of carboxylic acids is 1. The summed E-state index contributed by atoms with van der Waals surface area (Å²) in [5.41, 5.74) is 1.80. The number of aromatic amines is 1. The number of benzene rings is 1. The molecule has 3 N–H and O–H groups in total. The van der Waals surface area contributed by atoms with Gasteiger partial charge in [0.15, 0.2) is 0 Å². The van der Waals surface area contributed by atoms with Gasteiger partial charge in [-0.05, 0) is 23.6 Å². The van der Waals surface area contributed by atoms with Crippen molar-refractivity contribution < 1.29 is 15.0 Å². The molecule has 1 heterocycles. The molecule has 0 spiro atoms. The molecule has 2 aromatic rings. The van der Waals surface area contributed by atoms with Gasteiger partial charge in [0.2, 0.25) is 0 Å². The Morgan fingerprint density at radius 2 is 2.06 bits per heavy atom. The van der Waals surface area contributed by atoms with Gasteiger partial charge in [0.25, 0.3) is 0 Å². The highest BCUT2D eigenvalue weighted by atomic mass is 16.4. The van der Waals surface area contributed by atoms with Crippen molar-refractivity contribution in [3.63, 3.8) is 0 Å². The molecule has 0 fully saturated rings. The number of rotatable bonds is 2. The first kappa shape index (κ1) is 10.5. The highest BCUT2D eigenvalue weighted by Gasteiger charge is 2.14. The Balaban J connectivity index is 2.77. The van der Waals surface area contributed by atoms with E-state index in [4.69, 9.17) is 5.11 Å². The van der Waals surface area contributed by atoms with Crippen LogP contribution in [0.25, 0.3) is 10.9 Å². The molecule has 0 aliphatic carbocycles. The van der Waals surface area contributed by atoms with E-state index in [1.807, 2.05) is 19.9 Å². The number of phenols is 1. The summed E-state index contributed by atoms with van der Waals surface area (Å²) in [4.78, 5) is 13.7. The minimum Gasteiger partial charge on any atom is -0.507 e. The summed E-state index contributed by atoms with van der Waals surface area (Å²) in [6.45, 7) is 4.04. The van der Waals surface area contributed by atoms with Crippen molar-refractivity contribution >= 4 is 16.9 Å². The van der Waals surface area contributed by atoms with Crippen LogP contribution in [0.2, 0.25) is 0 Å². The number of carboxylic acid groups (broad SMARTS) is 1. The minimum atomic E-state index is -1.02. The molecule has 16 heavy (non-hydrogen) atoms. The molecule has 1 aromatic carbocycles. The molecule has 0 radical (unpaired) electrons. The predicted molar refractivity (Wildman–Crippen MR) is 61.0 cm³/mol. The molecule has 0 saturated carbocycles. The Labute approximate surface area is 92.5 Å². The number of fused-ring (bicyclic) bond motifs is 1. The lowest BCUT2D eigenvalue weighted by atomic mass is 10.0. The van der Waals surface area contributed by atoms with Gasteiger partial charge in [-0.1, -0.05) is 19.9 Å². The summed E-state index contributed by atoms with van der Waals surface area (Å²) in [6, 6.07) is 4.86. The van der Waals surface area contributed by atoms with Gasteiger partial charge in [-0.25, -0.2) is 4.79 Å². The number of hydrogen-bond acceptors (Lipinski definition) is 2. The van der Waals surface area contributed by atoms with Gasteiger partial charge in [0.05, 0.1) is 5.52 Å². The van der Waals surface area contributed by atoms with Crippen LogP contribution >= 0.6 is 0 Å². The minimum absolute atomic E-state index is 0.0957. The van der Waals surface area contributed by atoms with Crippen molar-refractivity contribution in [3.05, 3.63) is 29.5 Å². The first-order valence-electron chi connectivity index (χ1n) is 5.08. The normalized spacial score (nSPS) is 11.2. The maximum Gasteiger partial charge on any atom is 0.352 e. The standard InChI is InChI=1S/C12H13NO3/c1-6(2)7-3-4-10(14)8-5-9(12(15)16)13-11(7)8/h3-6,13-14H,1-2H3,(H,15,16). The van der Waals surface area contributed by atoms with E-state index >= 15 is 0 Å². The van der Waals surface area contributed by atoms with Crippen LogP contribution in [-0.4, -0.2) is 21.2 Å². The van der Waals surface area contributed by atoms with E-state index in [9.17, 15) is 9.90 Å². The smallest absolute Gasteiger partial charge is 0.352 e. The van der Waals surface area contributed by atoms with Crippen LogP contribution in [0.3, 0.4) is 0 Å². The lowest BCUT2D eigenvalue weighted by Gasteiger charge is -2.07. The summed E-state index contributed by atoms with van der Waals surface area (Å²) < 4.78 is 0. The molecule has 4 heteroatoms. The Morgan fingerprint density at radius 3 is 2.62 bits per heavy atom. The molecule has 0 aliphatic rings. The van der Waals surface area contributed by atoms with Crippen LogP contribution in [0.15, 0.2) is 18.2 Å². The first-order chi connectivity index (χ1) is 7.50. The summed E-state index contributed by atoms with van der Waals surface area (Å²) in [7, 11) is 0. The third kappa shape index (κ3) is 1.52. The van der Waals surface area contributed by atoms with Crippen LogP contribution in [0.1, 0.15) is 35.8 Å². The summed E-state index contributed by atoms with van der Waals surface area (Å²) in [5.74, 6) is -0.656. The molecule has 0 bridgehead atoms. The van der Waals surface area contributed by atoms with Crippen molar-refractivity contribution in [2.45, 2.75) is 19.8 Å². The zero-order valence-electron chi connectivity index (χ0n) is 9.11. The predicted octanol–water partition coefficient (Wildman–Crippen LogP) is 2.70. The number of aromatic hydroxyl groups is 1. The Kier molecular flexibility index (Phi) is 2.34. The SMILES string of the molecule is CC(C)c1ccc(O)c2cc(C(=O)O)[nH]c12. The molecule has 0 atom stereocenters. The molecule has 0 saturated heterocycles. The van der Waals surface area contributed by atoms with E-state index in [1.54, 1.807) is 6.07 Å². The van der Waals surface area contributed by atoms with Gasteiger partial charge < -0.3 is 15.2 Å². The van der Waals surface area contributed by atoms with Crippen molar-refractivity contribution in [3.8, 4) is 5.75 Å². The summed E-state index contributed by atoms with van der Waals surface area (Å²) in [5, 5.41) is 19.1. The van der Waals surface area contributed by atoms with Crippen molar-refractivity contribution in [2.75, 3.05) is 0 Å². The maximum absolute atomic E-state index is 10.9. The van der Waals surface area contributed by atoms with Crippen LogP contribution in [0.5, 0.6) is 5.75 Å². The summed E-state index contributed by atoms with van der Waals surface area (Å²) in [6.07, 6.45) is 0. The second-order valence-corrected chi connectivity index (χ2v) is 4.11. The Morgan fingerprint density at radius 1 is 1.38 bits per heavy atom. The third-order valence-corrected chi connectivity index (χ3v) is 2.66. The molecule has 0 unspecified atom stereocenters. The molecule has 2 rings (SSSR count). The van der Waals surface area contributed by atoms with Crippen molar-refractivity contribution in [2.24, 2.45) is 0 Å². The molecular formula is C12H13NO3. The maximum atomic E-state index is 10.9. The average molecular weight is 219 g/mol. The van der Waals surface area contributed by atoms with Gasteiger partial charge in [-0.15, -0.1) is 0 Å². The number of H-pyrrole nitrogens is 1. The average Bonchev–Trinajstić information content (AvgIpc) is 2.62. The molecular weight excluding hydrogens is 206 g/mol. The van der Waals surface area contributed by atoms with Crippen LogP contribution < -0.4 is 0 Å². The van der Waals surface area contributed by atoms with E-state index in [1.165, 1.54) is 6.07 Å². The van der Waals surface area contributed by atoms with E-state index < -0.39 is 5.97 Å². The zero-order chi connectivity index (χ0) is 11.9. The number of aromatic nitrogens is 1. The zero-order valence-corrected chi connectivity index (χ0v) is 9.11. The number of phenolic OH excluding ortho intramolecular Hbond substituents is 1. The Hall–Kier alpha value is -1.97. The van der Waals surface area contributed by atoms with Crippen LogP contribution in [0, 0.1) is 0 Å². The third-order valence-electron chi connectivity index (χ3n) is 2.66. The van der Waals surface area contributed by atoms with Gasteiger partial charge in [-0.3, -0.25) is 0 Å². The fourth-order valence-corrected chi connectivity index (χ4v) is 1.82. The number of carbonyl (C=O) groups is 1. The van der Waals surface area contributed by atoms with E-state index in [2.05, 4.69) is 4.98 Å². The fraction of sp³-hybridized carbons (Fsp3) is 0.250. The van der Waals surface area contributed by atoms with Gasteiger partial charge in [0.1, 0.15) is 11.4 Å². The number of nitrogens with one attached hydrogen (secondary N) is 1. The highest BCUT2D eigenvalue weighted by molar-refractivity contribution is 5.97. The van der Waals surface area contributed by atoms with E-state index in [-0.39, 0.29) is 17.4 Å². The van der Waals surface area contributed by atoms with Gasteiger partial charge >= 0.3 is 5.97 Å². The lowest BCUT2D eigenvalue weighted by molar-refractivity contribution is 0.0691. The fourth-order valence-electron chi connectivity index (χ4n) is 1.82. The van der Waals surface area contributed by atoms with Crippen molar-refractivity contribution in [1.82, 2.24) is 4.98 Å². The number of hydrogen-bond donors (Lipinski definition) is 3. The quantitative estimate of drug-likeness (QED) is 0.727. The first-order valence-corrected chi connectivity index (χ1v) is 5.08. The Bertz CT molecular complexity index is 555. The lowest BCUT2D eigenvalue weighted by Crippen LogP contribution is -1.95. The summed E-state index contributed by atoms with van der Waals surface area (Å²) >= 11 is 0. The topological polar surface area (TPSA) is 73.3 Å². The van der Waals surface area contributed by atoms with Crippen LogP contribution in [-0.2, 0) is 0 Å². The van der Waals surface area contributed by atoms with Gasteiger partial charge in [0, 0.05) is 5.39 Å².